The fourth-order valence-corrected chi connectivity index (χ4v) is 3.06. The number of nitrogens with one attached hydrogen (secondary N) is 1. The maximum Gasteiger partial charge on any atom is 0.257 e. The van der Waals surface area contributed by atoms with Crippen LogP contribution in [0.4, 0.5) is 0 Å². The quantitative estimate of drug-likeness (QED) is 0.565. The lowest BCUT2D eigenvalue weighted by Gasteiger charge is -2.10. The van der Waals surface area contributed by atoms with Gasteiger partial charge >= 0.3 is 0 Å². The molecule has 0 spiro atoms. The fraction of sp³-hybridized carbons (Fsp3) is 0.200. The van der Waals surface area contributed by atoms with Crippen LogP contribution in [-0.2, 0) is 11.3 Å². The van der Waals surface area contributed by atoms with Gasteiger partial charge in [0.25, 0.3) is 5.91 Å². The lowest BCUT2D eigenvalue weighted by atomic mass is 10.2. The van der Waals surface area contributed by atoms with Gasteiger partial charge in [0.05, 0.1) is 5.02 Å². The second-order valence-electron chi connectivity index (χ2n) is 5.88. The molecule has 0 unspecified atom stereocenters. The number of hydrogen-bond donors (Lipinski definition) is 1. The highest BCUT2D eigenvalue weighted by atomic mass is 35.5. The molecule has 1 amide bonds. The second-order valence-corrected chi connectivity index (χ2v) is 6.72. The monoisotopic (exact) mass is 403 g/mol. The van der Waals surface area contributed by atoms with Crippen molar-refractivity contribution in [2.24, 2.45) is 0 Å². The topological polar surface area (TPSA) is 56.1 Å². The molecular formula is C20H19Cl2N3O2. The van der Waals surface area contributed by atoms with Gasteiger partial charge in [-0.2, -0.15) is 0 Å². The predicted molar refractivity (Wildman–Crippen MR) is 107 cm³/mol. The third-order valence-corrected chi connectivity index (χ3v) is 4.43. The molecule has 5 nitrogen and oxygen atoms in total. The first-order chi connectivity index (χ1) is 13.1. The molecule has 3 rings (SSSR count). The molecule has 1 aromatic heterocycles. The number of carbonyl (C=O) groups excluding carboxylic acids is 1. The molecule has 7 heteroatoms. The molecule has 27 heavy (non-hydrogen) atoms. The summed E-state index contributed by atoms with van der Waals surface area (Å²) in [4.78, 5) is 16.3. The lowest BCUT2D eigenvalue weighted by molar-refractivity contribution is -0.123. The third-order valence-electron chi connectivity index (χ3n) is 3.90. The first-order valence-corrected chi connectivity index (χ1v) is 9.30. The van der Waals surface area contributed by atoms with Gasteiger partial charge in [0.1, 0.15) is 11.6 Å². The Kier molecular flexibility index (Phi) is 6.74. The van der Waals surface area contributed by atoms with Crippen LogP contribution in [-0.4, -0.2) is 28.6 Å². The highest BCUT2D eigenvalue weighted by molar-refractivity contribution is 6.35. The van der Waals surface area contributed by atoms with Crippen LogP contribution in [0, 0.1) is 0 Å². The van der Waals surface area contributed by atoms with Crippen LogP contribution < -0.4 is 10.1 Å². The van der Waals surface area contributed by atoms with E-state index in [1.807, 2.05) is 36.5 Å². The molecule has 0 atom stereocenters. The van der Waals surface area contributed by atoms with Crippen molar-refractivity contribution in [2.75, 3.05) is 13.2 Å². The zero-order valence-corrected chi connectivity index (χ0v) is 16.1. The van der Waals surface area contributed by atoms with Gasteiger partial charge in [-0.05, 0) is 24.6 Å². The predicted octanol–water partition coefficient (Wildman–Crippen LogP) is 4.44. The Morgan fingerprint density at radius 2 is 1.96 bits per heavy atom. The Morgan fingerprint density at radius 3 is 2.74 bits per heavy atom. The molecule has 1 heterocycles. The van der Waals surface area contributed by atoms with Crippen molar-refractivity contribution >= 4 is 29.1 Å². The highest BCUT2D eigenvalue weighted by Crippen LogP contribution is 2.27. The molecule has 0 radical (unpaired) electrons. The van der Waals surface area contributed by atoms with Gasteiger partial charge < -0.3 is 14.6 Å². The van der Waals surface area contributed by atoms with Crippen molar-refractivity contribution in [1.29, 1.82) is 0 Å². The summed E-state index contributed by atoms with van der Waals surface area (Å²) >= 11 is 11.8. The highest BCUT2D eigenvalue weighted by Gasteiger charge is 2.07. The molecule has 1 N–H and O–H groups in total. The van der Waals surface area contributed by atoms with Crippen LogP contribution in [0.5, 0.6) is 5.75 Å². The first-order valence-electron chi connectivity index (χ1n) is 8.54. The number of rotatable bonds is 8. The standard InChI is InChI=1S/C20H19Cl2N3O2/c21-16-7-8-18(17(22)13-16)27-14-19(26)23-9-4-11-25-12-10-24-20(25)15-5-2-1-3-6-15/h1-3,5-8,10,12-13H,4,9,11,14H2,(H,23,26). The molecular weight excluding hydrogens is 385 g/mol. The van der Waals surface area contributed by atoms with Crippen molar-refractivity contribution in [3.8, 4) is 17.1 Å². The molecule has 0 aliphatic rings. The maximum absolute atomic E-state index is 11.9. The Hall–Kier alpha value is -2.50. The number of aromatic nitrogens is 2. The Balaban J connectivity index is 1.42. The summed E-state index contributed by atoms with van der Waals surface area (Å²) < 4.78 is 7.49. The van der Waals surface area contributed by atoms with Crippen LogP contribution in [0.15, 0.2) is 60.9 Å². The van der Waals surface area contributed by atoms with E-state index >= 15 is 0 Å². The largest absolute Gasteiger partial charge is 0.482 e. The summed E-state index contributed by atoms with van der Waals surface area (Å²) in [6.45, 7) is 1.21. The van der Waals surface area contributed by atoms with Gasteiger partial charge in [-0.25, -0.2) is 4.98 Å². The molecule has 0 aliphatic heterocycles. The van der Waals surface area contributed by atoms with E-state index in [9.17, 15) is 4.79 Å². The van der Waals surface area contributed by atoms with E-state index in [4.69, 9.17) is 27.9 Å². The van der Waals surface area contributed by atoms with E-state index < -0.39 is 0 Å². The van der Waals surface area contributed by atoms with Crippen LogP contribution in [0.1, 0.15) is 6.42 Å². The fourth-order valence-electron chi connectivity index (χ4n) is 2.60. The van der Waals surface area contributed by atoms with Gasteiger partial charge in [-0.1, -0.05) is 53.5 Å². The normalized spacial score (nSPS) is 10.6. The van der Waals surface area contributed by atoms with Crippen LogP contribution in [0.25, 0.3) is 11.4 Å². The van der Waals surface area contributed by atoms with Crippen molar-refractivity contribution in [1.82, 2.24) is 14.9 Å². The van der Waals surface area contributed by atoms with E-state index in [-0.39, 0.29) is 12.5 Å². The zero-order valence-electron chi connectivity index (χ0n) is 14.6. The number of hydrogen-bond acceptors (Lipinski definition) is 3. The van der Waals surface area contributed by atoms with E-state index in [0.717, 1.165) is 24.4 Å². The number of halogens is 2. The number of imidazole rings is 1. The van der Waals surface area contributed by atoms with Gasteiger partial charge in [0.2, 0.25) is 0 Å². The average molecular weight is 404 g/mol. The molecule has 0 saturated heterocycles. The Morgan fingerprint density at radius 1 is 1.15 bits per heavy atom. The van der Waals surface area contributed by atoms with E-state index in [1.165, 1.54) is 0 Å². The first kappa shape index (κ1) is 19.3. The van der Waals surface area contributed by atoms with Crippen LogP contribution in [0.2, 0.25) is 10.0 Å². The third kappa shape index (κ3) is 5.49. The SMILES string of the molecule is O=C(COc1ccc(Cl)cc1Cl)NCCCn1ccnc1-c1ccccc1. The molecule has 3 aromatic rings. The molecule has 0 saturated carbocycles. The minimum atomic E-state index is -0.199. The number of ether oxygens (including phenoxy) is 1. The number of aryl methyl sites for hydroxylation is 1. The maximum atomic E-state index is 11.9. The summed E-state index contributed by atoms with van der Waals surface area (Å²) in [5, 5.41) is 3.74. The van der Waals surface area contributed by atoms with Gasteiger partial charge in [0, 0.05) is 36.1 Å². The molecule has 0 aliphatic carbocycles. The average Bonchev–Trinajstić information content (AvgIpc) is 3.14. The molecule has 2 aromatic carbocycles. The molecule has 0 bridgehead atoms. The number of carbonyl (C=O) groups is 1. The number of amides is 1. The molecule has 0 fully saturated rings. The van der Waals surface area contributed by atoms with Gasteiger partial charge in [-0.15, -0.1) is 0 Å². The summed E-state index contributed by atoms with van der Waals surface area (Å²) in [5.41, 5.74) is 1.07. The summed E-state index contributed by atoms with van der Waals surface area (Å²) in [6, 6.07) is 14.9. The van der Waals surface area contributed by atoms with Crippen molar-refractivity contribution in [3.63, 3.8) is 0 Å². The van der Waals surface area contributed by atoms with Crippen molar-refractivity contribution < 1.29 is 9.53 Å². The minimum Gasteiger partial charge on any atom is -0.482 e. The summed E-state index contributed by atoms with van der Waals surface area (Å²) in [6.07, 6.45) is 4.50. The lowest BCUT2D eigenvalue weighted by Crippen LogP contribution is -2.30. The Bertz CT molecular complexity index is 897. The summed E-state index contributed by atoms with van der Waals surface area (Å²) in [7, 11) is 0. The smallest absolute Gasteiger partial charge is 0.257 e. The Labute approximate surface area is 167 Å². The van der Waals surface area contributed by atoms with Crippen LogP contribution >= 0.6 is 23.2 Å². The van der Waals surface area contributed by atoms with Gasteiger partial charge in [-0.3, -0.25) is 4.79 Å². The number of nitrogens with zero attached hydrogens (tertiary/aromatic N) is 2. The zero-order chi connectivity index (χ0) is 19.1. The van der Waals surface area contributed by atoms with Crippen LogP contribution in [0.3, 0.4) is 0 Å². The van der Waals surface area contributed by atoms with Crippen molar-refractivity contribution in [2.45, 2.75) is 13.0 Å². The second kappa shape index (κ2) is 9.44. The minimum absolute atomic E-state index is 0.0955. The van der Waals surface area contributed by atoms with Crippen molar-refractivity contribution in [3.05, 3.63) is 71.0 Å². The summed E-state index contributed by atoms with van der Waals surface area (Å²) in [5.74, 6) is 1.15. The molecule has 140 valence electrons. The van der Waals surface area contributed by atoms with E-state index in [0.29, 0.717) is 22.3 Å². The van der Waals surface area contributed by atoms with Gasteiger partial charge in [0.15, 0.2) is 6.61 Å². The van der Waals surface area contributed by atoms with E-state index in [2.05, 4.69) is 14.9 Å². The number of benzene rings is 2. The van der Waals surface area contributed by atoms with E-state index in [1.54, 1.807) is 24.4 Å².